The average Bonchev–Trinajstić information content (AvgIpc) is 3.08. The summed E-state index contributed by atoms with van der Waals surface area (Å²) in [5, 5.41) is 6.73. The Labute approximate surface area is 214 Å². The lowest BCUT2D eigenvalue weighted by Gasteiger charge is -2.34. The number of rotatable bonds is 6. The summed E-state index contributed by atoms with van der Waals surface area (Å²) >= 11 is 0. The number of nitrogens with zero attached hydrogens (tertiary/aromatic N) is 3. The average molecular weight is 566 g/mol. The van der Waals surface area contributed by atoms with Crippen LogP contribution in [0.3, 0.4) is 0 Å². The highest BCUT2D eigenvalue weighted by atomic mass is 127. The van der Waals surface area contributed by atoms with E-state index in [2.05, 4.69) is 56.6 Å². The zero-order valence-corrected chi connectivity index (χ0v) is 22.0. The maximum atomic E-state index is 5.78. The number of hydrogen-bond acceptors (Lipinski definition) is 5. The van der Waals surface area contributed by atoms with E-state index in [9.17, 15) is 0 Å². The third-order valence-electron chi connectivity index (χ3n) is 6.04. The highest BCUT2D eigenvalue weighted by Crippen LogP contribution is 2.32. The maximum Gasteiger partial charge on any atom is 0.195 e. The van der Waals surface area contributed by atoms with Crippen LogP contribution in [0.1, 0.15) is 24.5 Å². The Bertz CT molecular complexity index is 898. The van der Waals surface area contributed by atoms with Crippen molar-refractivity contribution in [2.24, 2.45) is 4.99 Å². The molecule has 2 heterocycles. The number of aliphatic imine (C=N–C) groups is 1. The fourth-order valence-corrected chi connectivity index (χ4v) is 4.03. The minimum absolute atomic E-state index is 0. The van der Waals surface area contributed by atoms with E-state index >= 15 is 0 Å². The van der Waals surface area contributed by atoms with Crippen molar-refractivity contribution in [2.75, 3.05) is 58.3 Å². The highest BCUT2D eigenvalue weighted by Gasteiger charge is 2.15. The number of hydrogen-bond donors (Lipinski definition) is 2. The number of likely N-dealkylation sites (N-methyl/N-ethyl adjacent to an activating group) is 1. The Balaban J connectivity index is 0.00000306. The first-order valence-corrected chi connectivity index (χ1v) is 11.6. The summed E-state index contributed by atoms with van der Waals surface area (Å²) in [6, 6.07) is 14.8. The zero-order chi connectivity index (χ0) is 22.2. The quantitative estimate of drug-likeness (QED) is 0.316. The molecule has 8 heteroatoms. The topological polar surface area (TPSA) is 61.4 Å². The van der Waals surface area contributed by atoms with Gasteiger partial charge < -0.3 is 25.0 Å². The molecule has 4 rings (SSSR count). The summed E-state index contributed by atoms with van der Waals surface area (Å²) in [6.45, 7) is 11.1. The van der Waals surface area contributed by atoms with Crippen LogP contribution >= 0.6 is 24.0 Å². The van der Waals surface area contributed by atoms with Crippen molar-refractivity contribution in [3.05, 3.63) is 53.6 Å². The van der Waals surface area contributed by atoms with Gasteiger partial charge in [-0.2, -0.15) is 0 Å². The zero-order valence-electron chi connectivity index (χ0n) is 19.7. The van der Waals surface area contributed by atoms with Gasteiger partial charge in [-0.3, -0.25) is 9.89 Å². The molecule has 0 unspecified atom stereocenters. The van der Waals surface area contributed by atoms with Gasteiger partial charge in [0.2, 0.25) is 0 Å². The van der Waals surface area contributed by atoms with Crippen LogP contribution in [0.15, 0.2) is 47.5 Å². The summed E-state index contributed by atoms with van der Waals surface area (Å²) in [5.74, 6) is 2.29. The number of nitrogens with one attached hydrogen (secondary N) is 2. The molecule has 0 amide bonds. The lowest BCUT2D eigenvalue weighted by Crippen LogP contribution is -2.45. The Kier molecular flexibility index (Phi) is 10.1. The van der Waals surface area contributed by atoms with Crippen LogP contribution < -0.4 is 20.1 Å². The number of anilines is 1. The summed E-state index contributed by atoms with van der Waals surface area (Å²) in [5.41, 5.74) is 3.51. The maximum absolute atomic E-state index is 5.78. The Morgan fingerprint density at radius 2 is 1.58 bits per heavy atom. The smallest absolute Gasteiger partial charge is 0.195 e. The van der Waals surface area contributed by atoms with Gasteiger partial charge in [0, 0.05) is 64.5 Å². The molecule has 2 aliphatic heterocycles. The molecular formula is C25H36IN5O2. The van der Waals surface area contributed by atoms with Crippen molar-refractivity contribution in [1.29, 1.82) is 0 Å². The normalized spacial score (nSPS) is 17.1. The molecule has 0 aliphatic carbocycles. The van der Waals surface area contributed by atoms with Gasteiger partial charge in [-0.05, 0) is 29.8 Å². The van der Waals surface area contributed by atoms with Crippen LogP contribution in [0.4, 0.5) is 5.69 Å². The number of ether oxygens (including phenoxy) is 2. The molecular weight excluding hydrogens is 529 g/mol. The summed E-state index contributed by atoms with van der Waals surface area (Å²) in [7, 11) is 1.78. The third-order valence-corrected chi connectivity index (χ3v) is 6.04. The minimum Gasteiger partial charge on any atom is -0.490 e. The molecule has 0 saturated carbocycles. The van der Waals surface area contributed by atoms with Crippen LogP contribution in [-0.2, 0) is 13.1 Å². The second-order valence-corrected chi connectivity index (χ2v) is 8.29. The van der Waals surface area contributed by atoms with Crippen LogP contribution in [0.5, 0.6) is 11.5 Å². The Morgan fingerprint density at radius 1 is 0.909 bits per heavy atom. The van der Waals surface area contributed by atoms with Crippen LogP contribution in [0, 0.1) is 0 Å². The molecule has 0 aromatic heterocycles. The second kappa shape index (κ2) is 13.0. The van der Waals surface area contributed by atoms with Crippen molar-refractivity contribution >= 4 is 35.6 Å². The molecule has 0 atom stereocenters. The molecule has 2 aromatic rings. The summed E-state index contributed by atoms with van der Waals surface area (Å²) in [4.78, 5) is 9.40. The number of benzene rings is 2. The first-order chi connectivity index (χ1) is 15.7. The molecule has 2 aliphatic rings. The number of guanidine groups is 1. The predicted molar refractivity (Wildman–Crippen MR) is 145 cm³/mol. The largest absolute Gasteiger partial charge is 0.490 e. The van der Waals surface area contributed by atoms with Crippen LogP contribution in [0.2, 0.25) is 0 Å². The van der Waals surface area contributed by atoms with Gasteiger partial charge in [0.05, 0.1) is 13.2 Å². The number of piperazine rings is 1. The lowest BCUT2D eigenvalue weighted by atomic mass is 10.1. The van der Waals surface area contributed by atoms with Crippen molar-refractivity contribution in [3.63, 3.8) is 0 Å². The van der Waals surface area contributed by atoms with Gasteiger partial charge in [0.15, 0.2) is 17.5 Å². The molecule has 1 saturated heterocycles. The Hall–Kier alpha value is -2.04. The summed E-state index contributed by atoms with van der Waals surface area (Å²) in [6.07, 6.45) is 0.898. The molecule has 180 valence electrons. The first kappa shape index (κ1) is 25.6. The Morgan fingerprint density at radius 3 is 2.27 bits per heavy atom. The van der Waals surface area contributed by atoms with E-state index in [1.165, 1.54) is 24.2 Å². The molecule has 2 N–H and O–H groups in total. The van der Waals surface area contributed by atoms with Gasteiger partial charge in [-0.25, -0.2) is 0 Å². The molecule has 2 aromatic carbocycles. The number of fused-ring (bicyclic) bond motifs is 1. The predicted octanol–water partition coefficient (Wildman–Crippen LogP) is 3.79. The van der Waals surface area contributed by atoms with Gasteiger partial charge in [-0.15, -0.1) is 24.0 Å². The molecule has 0 bridgehead atoms. The van der Waals surface area contributed by atoms with Crippen LogP contribution in [0.25, 0.3) is 0 Å². The standard InChI is InChI=1S/C25H35N5O2.HI/c1-3-29-11-13-30(14-12-29)19-21-7-5-20(6-8-21)18-27-25(26-2)28-22-9-10-23-24(17-22)32-16-4-15-31-23;/h5-10,17H,3-4,11-16,18-19H2,1-2H3,(H2,26,27,28);1H. The van der Waals surface area contributed by atoms with Gasteiger partial charge in [0.25, 0.3) is 0 Å². The highest BCUT2D eigenvalue weighted by molar-refractivity contribution is 14.0. The van der Waals surface area contributed by atoms with E-state index in [0.717, 1.165) is 55.7 Å². The molecule has 7 nitrogen and oxygen atoms in total. The molecule has 0 radical (unpaired) electrons. The van der Waals surface area contributed by atoms with Gasteiger partial charge >= 0.3 is 0 Å². The van der Waals surface area contributed by atoms with Crippen molar-refractivity contribution in [3.8, 4) is 11.5 Å². The third kappa shape index (κ3) is 7.48. The van der Waals surface area contributed by atoms with Gasteiger partial charge in [-0.1, -0.05) is 31.2 Å². The van der Waals surface area contributed by atoms with E-state index in [0.29, 0.717) is 19.8 Å². The van der Waals surface area contributed by atoms with E-state index in [-0.39, 0.29) is 24.0 Å². The minimum atomic E-state index is 0. The van der Waals surface area contributed by atoms with E-state index in [1.807, 2.05) is 18.2 Å². The van der Waals surface area contributed by atoms with E-state index in [1.54, 1.807) is 7.05 Å². The van der Waals surface area contributed by atoms with E-state index in [4.69, 9.17) is 9.47 Å². The SMILES string of the molecule is CCN1CCN(Cc2ccc(CNC(=NC)Nc3ccc4c(c3)OCCCO4)cc2)CC1.I. The fraction of sp³-hybridized carbons (Fsp3) is 0.480. The van der Waals surface area contributed by atoms with Crippen LogP contribution in [-0.4, -0.2) is 68.7 Å². The summed E-state index contributed by atoms with van der Waals surface area (Å²) < 4.78 is 11.5. The van der Waals surface area contributed by atoms with Gasteiger partial charge in [0.1, 0.15) is 0 Å². The second-order valence-electron chi connectivity index (χ2n) is 8.29. The molecule has 1 fully saturated rings. The van der Waals surface area contributed by atoms with Crippen molar-refractivity contribution < 1.29 is 9.47 Å². The van der Waals surface area contributed by atoms with E-state index < -0.39 is 0 Å². The molecule has 0 spiro atoms. The first-order valence-electron chi connectivity index (χ1n) is 11.6. The monoisotopic (exact) mass is 565 g/mol. The van der Waals surface area contributed by atoms with Crippen molar-refractivity contribution in [1.82, 2.24) is 15.1 Å². The fourth-order valence-electron chi connectivity index (χ4n) is 4.03. The number of halogens is 1. The molecule has 33 heavy (non-hydrogen) atoms. The lowest BCUT2D eigenvalue weighted by molar-refractivity contribution is 0.132. The van der Waals surface area contributed by atoms with Crippen molar-refractivity contribution in [2.45, 2.75) is 26.4 Å².